The first-order chi connectivity index (χ1) is 9.88. The lowest BCUT2D eigenvalue weighted by molar-refractivity contribution is 0.102. The molecule has 3 N–H and O–H groups in total. The molecule has 0 bridgehead atoms. The van der Waals surface area contributed by atoms with E-state index in [1.54, 1.807) is 36.4 Å². The number of carbonyl (C=O) groups is 1. The Morgan fingerprint density at radius 1 is 1.14 bits per heavy atom. The number of thiocarbonyl (C=S) groups is 1. The zero-order chi connectivity index (χ0) is 15.6. The summed E-state index contributed by atoms with van der Waals surface area (Å²) in [7, 11) is 0. The summed E-state index contributed by atoms with van der Waals surface area (Å²) in [6.07, 6.45) is 0. The summed E-state index contributed by atoms with van der Waals surface area (Å²) in [5, 5.41) is 3.53. The Kier molecular flexibility index (Phi) is 5.22. The quantitative estimate of drug-likeness (QED) is 0.733. The normalized spacial score (nSPS) is 10.2. The predicted molar refractivity (Wildman–Crippen MR) is 94.4 cm³/mol. The molecule has 0 saturated heterocycles. The third-order valence-corrected chi connectivity index (χ3v) is 3.95. The highest BCUT2D eigenvalue weighted by molar-refractivity contribution is 9.10. The summed E-state index contributed by atoms with van der Waals surface area (Å²) < 4.78 is 0.748. The van der Waals surface area contributed by atoms with E-state index in [1.807, 2.05) is 0 Å². The number of amides is 1. The van der Waals surface area contributed by atoms with E-state index in [9.17, 15) is 4.79 Å². The summed E-state index contributed by atoms with van der Waals surface area (Å²) in [4.78, 5) is 12.5. The largest absolute Gasteiger partial charge is 0.389 e. The van der Waals surface area contributed by atoms with Crippen LogP contribution in [0.25, 0.3) is 0 Å². The topological polar surface area (TPSA) is 55.1 Å². The first kappa shape index (κ1) is 16.2. The zero-order valence-electron chi connectivity index (χ0n) is 10.5. The average Bonchev–Trinajstić information content (AvgIpc) is 2.41. The zero-order valence-corrected chi connectivity index (χ0v) is 14.4. The molecule has 0 heterocycles. The number of rotatable bonds is 3. The predicted octanol–water partition coefficient (Wildman–Crippen LogP) is 4.64. The third-order valence-electron chi connectivity index (χ3n) is 2.67. The fraction of sp³-hybridized carbons (Fsp3) is 0. The van der Waals surface area contributed by atoms with Crippen LogP contribution in [0.15, 0.2) is 40.9 Å². The Morgan fingerprint density at radius 2 is 1.86 bits per heavy atom. The molecule has 0 aliphatic carbocycles. The molecule has 0 unspecified atom stereocenters. The first-order valence-corrected chi connectivity index (χ1v) is 7.70. The van der Waals surface area contributed by atoms with Crippen LogP contribution in [0, 0.1) is 0 Å². The van der Waals surface area contributed by atoms with E-state index in [-0.39, 0.29) is 10.9 Å². The van der Waals surface area contributed by atoms with Gasteiger partial charge in [-0.2, -0.15) is 0 Å². The Hall–Kier alpha value is -1.14. The highest BCUT2D eigenvalue weighted by Crippen LogP contribution is 2.25. The van der Waals surface area contributed by atoms with E-state index in [0.29, 0.717) is 26.9 Å². The first-order valence-electron chi connectivity index (χ1n) is 5.74. The Labute approximate surface area is 145 Å². The molecule has 1 amide bonds. The lowest BCUT2D eigenvalue weighted by Crippen LogP contribution is -2.18. The van der Waals surface area contributed by atoms with E-state index >= 15 is 0 Å². The van der Waals surface area contributed by atoms with E-state index < -0.39 is 0 Å². The Morgan fingerprint density at radius 3 is 2.52 bits per heavy atom. The number of hydrogen-bond acceptors (Lipinski definition) is 2. The van der Waals surface area contributed by atoms with Crippen molar-refractivity contribution in [3.05, 3.63) is 62.0 Å². The summed E-state index contributed by atoms with van der Waals surface area (Å²) in [5.41, 5.74) is 6.95. The van der Waals surface area contributed by atoms with Gasteiger partial charge in [-0.05, 0) is 36.4 Å². The fourth-order valence-corrected chi connectivity index (χ4v) is 2.61. The summed E-state index contributed by atoms with van der Waals surface area (Å²) >= 11 is 20.2. The molecule has 7 heteroatoms. The molecule has 0 aromatic heterocycles. The van der Waals surface area contributed by atoms with Crippen molar-refractivity contribution in [2.75, 3.05) is 5.32 Å². The van der Waals surface area contributed by atoms with Crippen molar-refractivity contribution < 1.29 is 4.79 Å². The van der Waals surface area contributed by atoms with Gasteiger partial charge in [-0.3, -0.25) is 4.79 Å². The van der Waals surface area contributed by atoms with E-state index in [4.69, 9.17) is 41.2 Å². The van der Waals surface area contributed by atoms with Gasteiger partial charge in [0.05, 0.1) is 16.3 Å². The van der Waals surface area contributed by atoms with Crippen LogP contribution in [0.2, 0.25) is 10.0 Å². The second kappa shape index (κ2) is 6.75. The minimum atomic E-state index is -0.374. The van der Waals surface area contributed by atoms with E-state index in [2.05, 4.69) is 21.2 Å². The number of carbonyl (C=O) groups excluding carboxylic acids is 1. The van der Waals surface area contributed by atoms with Gasteiger partial charge in [0.2, 0.25) is 0 Å². The van der Waals surface area contributed by atoms with Crippen molar-refractivity contribution in [2.24, 2.45) is 5.73 Å². The number of benzene rings is 2. The van der Waals surface area contributed by atoms with Gasteiger partial charge in [-0.15, -0.1) is 0 Å². The molecule has 108 valence electrons. The average molecular weight is 404 g/mol. The highest BCUT2D eigenvalue weighted by atomic mass is 79.9. The van der Waals surface area contributed by atoms with Crippen molar-refractivity contribution >= 4 is 67.9 Å². The second-order valence-electron chi connectivity index (χ2n) is 4.13. The molecule has 2 rings (SSSR count). The maximum absolute atomic E-state index is 12.3. The van der Waals surface area contributed by atoms with Gasteiger partial charge >= 0.3 is 0 Å². The molecule has 21 heavy (non-hydrogen) atoms. The maximum atomic E-state index is 12.3. The molecule has 0 fully saturated rings. The van der Waals surface area contributed by atoms with Crippen molar-refractivity contribution in [3.63, 3.8) is 0 Å². The van der Waals surface area contributed by atoms with Crippen LogP contribution in [0.4, 0.5) is 5.69 Å². The third kappa shape index (κ3) is 3.95. The monoisotopic (exact) mass is 402 g/mol. The number of hydrogen-bond donors (Lipinski definition) is 2. The van der Waals surface area contributed by atoms with Crippen molar-refractivity contribution in [1.29, 1.82) is 0 Å². The molecule has 0 atom stereocenters. The molecule has 0 radical (unpaired) electrons. The standard InChI is InChI=1S/C14H9BrCl2N2OS/c15-7-1-4-11(17)10(5-7)14(20)19-12-6-8(16)2-3-9(12)13(18)21/h1-6H,(H2,18,21)(H,19,20). The molecule has 0 saturated carbocycles. The molecular weight excluding hydrogens is 395 g/mol. The molecule has 3 nitrogen and oxygen atoms in total. The lowest BCUT2D eigenvalue weighted by Gasteiger charge is -2.11. The van der Waals surface area contributed by atoms with Crippen LogP contribution in [-0.4, -0.2) is 10.9 Å². The van der Waals surface area contributed by atoms with Gasteiger partial charge < -0.3 is 11.1 Å². The van der Waals surface area contributed by atoms with Gasteiger partial charge in [-0.1, -0.05) is 51.3 Å². The molecule has 0 spiro atoms. The SMILES string of the molecule is NC(=S)c1ccc(Cl)cc1NC(=O)c1cc(Br)ccc1Cl. The lowest BCUT2D eigenvalue weighted by atomic mass is 10.1. The van der Waals surface area contributed by atoms with Gasteiger partial charge in [0, 0.05) is 15.1 Å². The van der Waals surface area contributed by atoms with E-state index in [1.165, 1.54) is 0 Å². The maximum Gasteiger partial charge on any atom is 0.257 e. The molecule has 0 aliphatic rings. The number of nitrogens with one attached hydrogen (secondary N) is 1. The summed E-state index contributed by atoms with van der Waals surface area (Å²) in [6.45, 7) is 0. The second-order valence-corrected chi connectivity index (χ2v) is 6.33. The Bertz CT molecular complexity index is 737. The minimum Gasteiger partial charge on any atom is -0.389 e. The van der Waals surface area contributed by atoms with Gasteiger partial charge in [0.25, 0.3) is 5.91 Å². The summed E-state index contributed by atoms with van der Waals surface area (Å²) in [5.74, 6) is -0.374. The van der Waals surface area contributed by atoms with E-state index in [0.717, 1.165) is 4.47 Å². The van der Waals surface area contributed by atoms with Crippen LogP contribution in [0.5, 0.6) is 0 Å². The highest BCUT2D eigenvalue weighted by Gasteiger charge is 2.14. The van der Waals surface area contributed by atoms with Crippen LogP contribution in [0.3, 0.4) is 0 Å². The minimum absolute atomic E-state index is 0.169. The van der Waals surface area contributed by atoms with Crippen molar-refractivity contribution in [3.8, 4) is 0 Å². The smallest absolute Gasteiger partial charge is 0.257 e. The van der Waals surface area contributed by atoms with Crippen LogP contribution < -0.4 is 11.1 Å². The van der Waals surface area contributed by atoms with Crippen molar-refractivity contribution in [2.45, 2.75) is 0 Å². The number of halogens is 3. The number of anilines is 1. The van der Waals surface area contributed by atoms with Gasteiger partial charge in [0.1, 0.15) is 4.99 Å². The molecular formula is C14H9BrCl2N2OS. The number of nitrogens with two attached hydrogens (primary N) is 1. The van der Waals surface area contributed by atoms with Crippen LogP contribution in [0.1, 0.15) is 15.9 Å². The van der Waals surface area contributed by atoms with Crippen LogP contribution >= 0.6 is 51.3 Å². The molecule has 2 aromatic carbocycles. The van der Waals surface area contributed by atoms with Crippen molar-refractivity contribution in [1.82, 2.24) is 0 Å². The van der Waals surface area contributed by atoms with Gasteiger partial charge in [-0.25, -0.2) is 0 Å². The molecule has 2 aromatic rings. The van der Waals surface area contributed by atoms with Crippen LogP contribution in [-0.2, 0) is 0 Å². The fourth-order valence-electron chi connectivity index (χ4n) is 1.70. The molecule has 0 aliphatic heterocycles. The summed E-state index contributed by atoms with van der Waals surface area (Å²) in [6, 6.07) is 9.90. The Balaban J connectivity index is 2.38. The van der Waals surface area contributed by atoms with Gasteiger partial charge in [0.15, 0.2) is 0 Å².